The van der Waals surface area contributed by atoms with Crippen LogP contribution in [-0.4, -0.2) is 10.7 Å². The number of hydrogen-bond donors (Lipinski definition) is 1. The van der Waals surface area contributed by atoms with E-state index < -0.39 is 5.60 Å². The molecule has 0 bridgehead atoms. The maximum Gasteiger partial charge on any atom is 0.0847 e. The predicted octanol–water partition coefficient (Wildman–Crippen LogP) is 2.36. The van der Waals surface area contributed by atoms with E-state index in [0.717, 1.165) is 6.42 Å². The Morgan fingerprint density at radius 3 is 1.90 bits per heavy atom. The second-order valence-corrected chi connectivity index (χ2v) is 3.59. The predicted molar refractivity (Wildman–Crippen MR) is 44.9 cm³/mol. The lowest BCUT2D eigenvalue weighted by Crippen LogP contribution is -2.39. The van der Waals surface area contributed by atoms with Gasteiger partial charge in [-0.15, -0.1) is 6.58 Å². The normalized spacial score (nSPS) is 18.1. The molecule has 1 nitrogen and oxygen atoms in total. The zero-order valence-corrected chi connectivity index (χ0v) is 7.44. The summed E-state index contributed by atoms with van der Waals surface area (Å²) in [7, 11) is 0. The number of hydrogen-bond acceptors (Lipinski definition) is 1. The quantitative estimate of drug-likeness (QED) is 0.600. The molecule has 60 valence electrons. The molecule has 0 fully saturated rings. The van der Waals surface area contributed by atoms with Crippen LogP contribution in [0.25, 0.3) is 0 Å². The van der Waals surface area contributed by atoms with Gasteiger partial charge in [0, 0.05) is 0 Å². The van der Waals surface area contributed by atoms with Crippen LogP contribution in [0.2, 0.25) is 0 Å². The topological polar surface area (TPSA) is 20.2 Å². The van der Waals surface area contributed by atoms with Crippen LogP contribution in [0.15, 0.2) is 12.7 Å². The lowest BCUT2D eigenvalue weighted by molar-refractivity contribution is -0.00982. The van der Waals surface area contributed by atoms with Crippen molar-refractivity contribution in [3.8, 4) is 0 Å². The first-order chi connectivity index (χ1) is 4.37. The minimum absolute atomic E-state index is 0.0747. The first kappa shape index (κ1) is 9.70. The van der Waals surface area contributed by atoms with E-state index in [0.29, 0.717) is 0 Å². The summed E-state index contributed by atoms with van der Waals surface area (Å²) in [5.74, 6) is 0. The minimum atomic E-state index is -0.748. The monoisotopic (exact) mass is 142 g/mol. The molecule has 1 N–H and O–H groups in total. The van der Waals surface area contributed by atoms with Crippen LogP contribution in [0.5, 0.6) is 0 Å². The summed E-state index contributed by atoms with van der Waals surface area (Å²) in [5.41, 5.74) is -0.823. The van der Waals surface area contributed by atoms with Crippen molar-refractivity contribution in [3.63, 3.8) is 0 Å². The zero-order chi connectivity index (χ0) is 8.41. The lowest BCUT2D eigenvalue weighted by Gasteiger charge is -2.36. The molecule has 0 radical (unpaired) electrons. The van der Waals surface area contributed by atoms with Gasteiger partial charge in [0.1, 0.15) is 0 Å². The largest absolute Gasteiger partial charge is 0.386 e. The summed E-state index contributed by atoms with van der Waals surface area (Å²) >= 11 is 0. The Kier molecular flexibility index (Phi) is 2.67. The van der Waals surface area contributed by atoms with Gasteiger partial charge in [0.25, 0.3) is 0 Å². The van der Waals surface area contributed by atoms with Crippen molar-refractivity contribution in [2.75, 3.05) is 0 Å². The first-order valence-corrected chi connectivity index (χ1v) is 3.73. The van der Waals surface area contributed by atoms with Gasteiger partial charge in [0.15, 0.2) is 0 Å². The van der Waals surface area contributed by atoms with Crippen LogP contribution in [0.3, 0.4) is 0 Å². The fourth-order valence-electron chi connectivity index (χ4n) is 0.634. The van der Waals surface area contributed by atoms with Crippen LogP contribution < -0.4 is 0 Å². The molecule has 1 heteroatoms. The van der Waals surface area contributed by atoms with Gasteiger partial charge in [-0.2, -0.15) is 0 Å². The van der Waals surface area contributed by atoms with Crippen molar-refractivity contribution in [1.82, 2.24) is 0 Å². The van der Waals surface area contributed by atoms with Crippen molar-refractivity contribution in [2.24, 2.45) is 5.41 Å². The summed E-state index contributed by atoms with van der Waals surface area (Å²) in [6, 6.07) is 0. The highest BCUT2D eigenvalue weighted by Gasteiger charge is 2.34. The Morgan fingerprint density at radius 2 is 1.80 bits per heavy atom. The molecule has 10 heavy (non-hydrogen) atoms. The van der Waals surface area contributed by atoms with Gasteiger partial charge in [0.05, 0.1) is 5.60 Å². The molecule has 0 amide bonds. The SMILES string of the molecule is C=CC(C)(O)C(C)(C)CC. The van der Waals surface area contributed by atoms with Crippen molar-refractivity contribution in [2.45, 2.75) is 39.7 Å². The third-order valence-corrected chi connectivity index (χ3v) is 2.65. The highest BCUT2D eigenvalue weighted by molar-refractivity contribution is 5.01. The zero-order valence-electron chi connectivity index (χ0n) is 7.44. The molecule has 0 aromatic carbocycles. The highest BCUT2D eigenvalue weighted by atomic mass is 16.3. The molecule has 0 aliphatic rings. The van der Waals surface area contributed by atoms with E-state index in [1.54, 1.807) is 13.0 Å². The molecule has 1 unspecified atom stereocenters. The van der Waals surface area contributed by atoms with Crippen LogP contribution in [-0.2, 0) is 0 Å². The van der Waals surface area contributed by atoms with E-state index in [1.807, 2.05) is 13.8 Å². The van der Waals surface area contributed by atoms with Crippen LogP contribution in [0, 0.1) is 5.41 Å². The lowest BCUT2D eigenvalue weighted by atomic mass is 9.74. The molecular weight excluding hydrogens is 124 g/mol. The average Bonchev–Trinajstić information content (AvgIpc) is 1.88. The second kappa shape index (κ2) is 2.75. The van der Waals surface area contributed by atoms with Gasteiger partial charge in [-0.3, -0.25) is 0 Å². The molecule has 0 spiro atoms. The van der Waals surface area contributed by atoms with Gasteiger partial charge in [0.2, 0.25) is 0 Å². The number of aliphatic hydroxyl groups is 1. The maximum atomic E-state index is 9.73. The van der Waals surface area contributed by atoms with E-state index in [4.69, 9.17) is 0 Å². The molecule has 0 aromatic heterocycles. The number of rotatable bonds is 3. The Bertz CT molecular complexity index is 123. The van der Waals surface area contributed by atoms with Gasteiger partial charge in [-0.1, -0.05) is 26.8 Å². The van der Waals surface area contributed by atoms with Gasteiger partial charge in [-0.25, -0.2) is 0 Å². The van der Waals surface area contributed by atoms with Crippen molar-refractivity contribution < 1.29 is 5.11 Å². The molecule has 0 saturated heterocycles. The van der Waals surface area contributed by atoms with Crippen LogP contribution in [0.1, 0.15) is 34.1 Å². The molecular formula is C9H18O. The molecule has 0 aliphatic heterocycles. The van der Waals surface area contributed by atoms with E-state index in [2.05, 4.69) is 13.5 Å². The van der Waals surface area contributed by atoms with Crippen molar-refractivity contribution in [3.05, 3.63) is 12.7 Å². The third-order valence-electron chi connectivity index (χ3n) is 2.65. The molecule has 0 saturated carbocycles. The van der Waals surface area contributed by atoms with Crippen molar-refractivity contribution in [1.29, 1.82) is 0 Å². The first-order valence-electron chi connectivity index (χ1n) is 3.73. The summed E-state index contributed by atoms with van der Waals surface area (Å²) in [5, 5.41) is 9.73. The summed E-state index contributed by atoms with van der Waals surface area (Å²) in [6.07, 6.45) is 2.56. The molecule has 0 aromatic rings. The minimum Gasteiger partial charge on any atom is -0.386 e. The van der Waals surface area contributed by atoms with E-state index in [1.165, 1.54) is 0 Å². The van der Waals surface area contributed by atoms with Crippen LogP contribution >= 0.6 is 0 Å². The second-order valence-electron chi connectivity index (χ2n) is 3.59. The Hall–Kier alpha value is -0.300. The molecule has 0 heterocycles. The fourth-order valence-corrected chi connectivity index (χ4v) is 0.634. The van der Waals surface area contributed by atoms with Gasteiger partial charge in [-0.05, 0) is 18.8 Å². The Morgan fingerprint density at radius 1 is 1.40 bits per heavy atom. The average molecular weight is 142 g/mol. The fraction of sp³-hybridized carbons (Fsp3) is 0.778. The van der Waals surface area contributed by atoms with Gasteiger partial charge >= 0.3 is 0 Å². The highest BCUT2D eigenvalue weighted by Crippen LogP contribution is 2.34. The molecule has 0 aliphatic carbocycles. The molecule has 0 rings (SSSR count). The molecule has 1 atom stereocenters. The smallest absolute Gasteiger partial charge is 0.0847 e. The van der Waals surface area contributed by atoms with Crippen LogP contribution in [0.4, 0.5) is 0 Å². The van der Waals surface area contributed by atoms with Crippen molar-refractivity contribution >= 4 is 0 Å². The van der Waals surface area contributed by atoms with Gasteiger partial charge < -0.3 is 5.11 Å². The summed E-state index contributed by atoms with van der Waals surface area (Å²) in [4.78, 5) is 0. The van der Waals surface area contributed by atoms with E-state index in [9.17, 15) is 5.11 Å². The maximum absolute atomic E-state index is 9.73. The summed E-state index contributed by atoms with van der Waals surface area (Å²) < 4.78 is 0. The Balaban J connectivity index is 4.43. The third kappa shape index (κ3) is 1.60. The standard InChI is InChI=1S/C9H18O/c1-6-8(3,4)9(5,10)7-2/h7,10H,2,6H2,1,3-5H3. The van der Waals surface area contributed by atoms with E-state index >= 15 is 0 Å². The Labute approximate surface area is 63.8 Å². The van der Waals surface area contributed by atoms with E-state index in [-0.39, 0.29) is 5.41 Å². The summed E-state index contributed by atoms with van der Waals surface area (Å²) in [6.45, 7) is 11.5.